The molecule has 0 radical (unpaired) electrons. The van der Waals surface area contributed by atoms with Crippen LogP contribution in [0.25, 0.3) is 5.70 Å². The summed E-state index contributed by atoms with van der Waals surface area (Å²) >= 11 is 5.68. The number of hydrogen-bond acceptors (Lipinski definition) is 2. The van der Waals surface area contributed by atoms with E-state index < -0.39 is 5.82 Å². The van der Waals surface area contributed by atoms with Crippen LogP contribution in [0.2, 0.25) is 5.02 Å². The van der Waals surface area contributed by atoms with Gasteiger partial charge in [0.25, 0.3) is 5.91 Å². The molecule has 0 spiro atoms. The van der Waals surface area contributed by atoms with Gasteiger partial charge in [-0.05, 0) is 43.2 Å². The number of amides is 1. The van der Waals surface area contributed by atoms with Crippen LogP contribution in [-0.4, -0.2) is 11.0 Å². The number of nitrogens with zero attached hydrogens (tertiary/aromatic N) is 1. The quantitative estimate of drug-likeness (QED) is 0.845. The molecule has 0 saturated heterocycles. The van der Waals surface area contributed by atoms with Crippen LogP contribution in [0, 0.1) is 19.7 Å². The summed E-state index contributed by atoms with van der Waals surface area (Å²) in [7, 11) is 0. The van der Waals surface area contributed by atoms with Gasteiger partial charge in [0.05, 0.1) is 16.4 Å². The zero-order valence-corrected chi connectivity index (χ0v) is 12.8. The fraction of sp³-hybridized carbons (Fsp3) is 0.118. The van der Waals surface area contributed by atoms with Gasteiger partial charge in [-0.3, -0.25) is 9.69 Å². The predicted molar refractivity (Wildman–Crippen MR) is 84.8 cm³/mol. The molecular weight excluding hydrogens is 305 g/mol. The van der Waals surface area contributed by atoms with Crippen molar-refractivity contribution in [3.63, 3.8) is 0 Å². The molecule has 112 valence electrons. The largest absolute Gasteiger partial charge is 0.506 e. The summed E-state index contributed by atoms with van der Waals surface area (Å²) in [6.07, 6.45) is 0. The third kappa shape index (κ3) is 1.99. The summed E-state index contributed by atoms with van der Waals surface area (Å²) in [6.45, 7) is 7.73. The third-order valence-electron chi connectivity index (χ3n) is 3.91. The summed E-state index contributed by atoms with van der Waals surface area (Å²) in [5.41, 5.74) is 3.45. The lowest BCUT2D eigenvalue weighted by molar-refractivity contribution is 0.100. The standard InChI is InChI=1S/C17H13ClFNO2/c1-8-4-11-10(3)20(17(22)12(11)5-9(8)2)15-7-16(21)13(18)6-14(15)19/h4-7,21H,3H2,1-2H3. The molecule has 2 aromatic carbocycles. The molecule has 0 saturated carbocycles. The first-order chi connectivity index (χ1) is 10.3. The number of carbonyl (C=O) groups excluding carboxylic acids is 1. The monoisotopic (exact) mass is 317 g/mol. The Labute approximate surface area is 132 Å². The molecule has 1 aliphatic heterocycles. The van der Waals surface area contributed by atoms with Crippen LogP contribution in [0.15, 0.2) is 30.8 Å². The van der Waals surface area contributed by atoms with Crippen molar-refractivity contribution < 1.29 is 14.3 Å². The van der Waals surface area contributed by atoms with E-state index in [4.69, 9.17) is 11.6 Å². The number of rotatable bonds is 1. The van der Waals surface area contributed by atoms with Gasteiger partial charge in [-0.25, -0.2) is 4.39 Å². The molecule has 1 N–H and O–H groups in total. The van der Waals surface area contributed by atoms with Crippen LogP contribution in [0.5, 0.6) is 5.75 Å². The van der Waals surface area contributed by atoms with Crippen LogP contribution in [0.4, 0.5) is 10.1 Å². The summed E-state index contributed by atoms with van der Waals surface area (Å²) < 4.78 is 14.2. The predicted octanol–water partition coefficient (Wildman–Crippen LogP) is 4.43. The van der Waals surface area contributed by atoms with Gasteiger partial charge in [-0.2, -0.15) is 0 Å². The summed E-state index contributed by atoms with van der Waals surface area (Å²) in [5, 5.41) is 9.59. The van der Waals surface area contributed by atoms with E-state index in [2.05, 4.69) is 6.58 Å². The molecule has 1 aliphatic rings. The number of halogens is 2. The second-order valence-corrected chi connectivity index (χ2v) is 5.73. The number of phenolic OH excluding ortho intramolecular Hbond substituents is 1. The van der Waals surface area contributed by atoms with E-state index in [1.807, 2.05) is 19.9 Å². The van der Waals surface area contributed by atoms with Gasteiger partial charge in [-0.1, -0.05) is 18.2 Å². The first kappa shape index (κ1) is 14.6. The number of phenols is 1. The van der Waals surface area contributed by atoms with E-state index >= 15 is 0 Å². The second kappa shape index (κ2) is 4.85. The number of aryl methyl sites for hydroxylation is 2. The molecule has 2 aromatic rings. The van der Waals surface area contributed by atoms with Gasteiger partial charge in [0.2, 0.25) is 0 Å². The molecule has 0 aliphatic carbocycles. The molecule has 5 heteroatoms. The Morgan fingerprint density at radius 1 is 1.14 bits per heavy atom. The van der Waals surface area contributed by atoms with Gasteiger partial charge >= 0.3 is 0 Å². The normalized spacial score (nSPS) is 13.7. The number of carbonyl (C=O) groups is 1. The van der Waals surface area contributed by atoms with Crippen LogP contribution >= 0.6 is 11.6 Å². The topological polar surface area (TPSA) is 40.5 Å². The molecule has 1 heterocycles. The highest BCUT2D eigenvalue weighted by Crippen LogP contribution is 2.40. The van der Waals surface area contributed by atoms with Crippen molar-refractivity contribution in [2.75, 3.05) is 4.90 Å². The highest BCUT2D eigenvalue weighted by molar-refractivity contribution is 6.32. The highest BCUT2D eigenvalue weighted by atomic mass is 35.5. The average Bonchev–Trinajstić information content (AvgIpc) is 2.68. The maximum absolute atomic E-state index is 14.2. The average molecular weight is 318 g/mol. The van der Waals surface area contributed by atoms with E-state index in [-0.39, 0.29) is 22.4 Å². The van der Waals surface area contributed by atoms with E-state index in [1.165, 1.54) is 0 Å². The molecule has 0 aromatic heterocycles. The lowest BCUT2D eigenvalue weighted by Crippen LogP contribution is -2.23. The fourth-order valence-corrected chi connectivity index (χ4v) is 2.70. The minimum Gasteiger partial charge on any atom is -0.506 e. The van der Waals surface area contributed by atoms with Crippen LogP contribution in [0.1, 0.15) is 27.0 Å². The molecule has 0 atom stereocenters. The van der Waals surface area contributed by atoms with Crippen molar-refractivity contribution in [1.82, 2.24) is 0 Å². The summed E-state index contributed by atoms with van der Waals surface area (Å²) in [6, 6.07) is 5.74. The lowest BCUT2D eigenvalue weighted by Gasteiger charge is -2.18. The number of fused-ring (bicyclic) bond motifs is 1. The molecule has 1 amide bonds. The number of hydrogen-bond donors (Lipinski definition) is 1. The van der Waals surface area contributed by atoms with Crippen LogP contribution < -0.4 is 4.90 Å². The fourth-order valence-electron chi connectivity index (χ4n) is 2.55. The second-order valence-electron chi connectivity index (χ2n) is 5.32. The summed E-state index contributed by atoms with van der Waals surface area (Å²) in [4.78, 5) is 13.8. The minimum atomic E-state index is -0.696. The Balaban J connectivity index is 2.18. The third-order valence-corrected chi connectivity index (χ3v) is 4.21. The number of aromatic hydroxyl groups is 1. The Hall–Kier alpha value is -2.33. The van der Waals surface area contributed by atoms with E-state index in [0.29, 0.717) is 16.8 Å². The van der Waals surface area contributed by atoms with Crippen molar-refractivity contribution in [3.05, 3.63) is 63.9 Å². The Morgan fingerprint density at radius 2 is 1.73 bits per heavy atom. The Bertz CT molecular complexity index is 804. The molecular formula is C17H13ClFNO2. The van der Waals surface area contributed by atoms with Gasteiger partial charge in [0.1, 0.15) is 11.6 Å². The lowest BCUT2D eigenvalue weighted by atomic mass is 10.0. The van der Waals surface area contributed by atoms with E-state index in [1.54, 1.807) is 6.07 Å². The minimum absolute atomic E-state index is 0.0663. The van der Waals surface area contributed by atoms with Crippen molar-refractivity contribution in [2.24, 2.45) is 0 Å². The molecule has 0 unspecified atom stereocenters. The molecule has 0 bridgehead atoms. The zero-order valence-electron chi connectivity index (χ0n) is 12.1. The maximum Gasteiger partial charge on any atom is 0.263 e. The van der Waals surface area contributed by atoms with Gasteiger partial charge in [-0.15, -0.1) is 0 Å². The zero-order chi connectivity index (χ0) is 16.2. The molecule has 22 heavy (non-hydrogen) atoms. The first-order valence-electron chi connectivity index (χ1n) is 6.64. The Kier molecular flexibility index (Phi) is 3.22. The van der Waals surface area contributed by atoms with Crippen molar-refractivity contribution in [3.8, 4) is 5.75 Å². The first-order valence-corrected chi connectivity index (χ1v) is 7.02. The van der Waals surface area contributed by atoms with Crippen LogP contribution in [-0.2, 0) is 0 Å². The molecule has 3 rings (SSSR count). The molecule has 0 fully saturated rings. The maximum atomic E-state index is 14.2. The van der Waals surface area contributed by atoms with E-state index in [0.717, 1.165) is 28.2 Å². The van der Waals surface area contributed by atoms with Gasteiger partial charge < -0.3 is 5.11 Å². The highest BCUT2D eigenvalue weighted by Gasteiger charge is 2.34. The molecule has 3 nitrogen and oxygen atoms in total. The van der Waals surface area contributed by atoms with Gasteiger partial charge in [0.15, 0.2) is 0 Å². The van der Waals surface area contributed by atoms with Crippen molar-refractivity contribution in [2.45, 2.75) is 13.8 Å². The van der Waals surface area contributed by atoms with Crippen LogP contribution in [0.3, 0.4) is 0 Å². The van der Waals surface area contributed by atoms with Crippen molar-refractivity contribution in [1.29, 1.82) is 0 Å². The smallest absolute Gasteiger partial charge is 0.263 e. The van der Waals surface area contributed by atoms with E-state index in [9.17, 15) is 14.3 Å². The summed E-state index contributed by atoms with van der Waals surface area (Å²) in [5.74, 6) is -1.36. The number of benzene rings is 2. The number of anilines is 1. The van der Waals surface area contributed by atoms with Crippen molar-refractivity contribution >= 4 is 28.9 Å². The SMILES string of the molecule is C=C1c2cc(C)c(C)cc2C(=O)N1c1cc(O)c(Cl)cc1F. The Morgan fingerprint density at radius 3 is 2.36 bits per heavy atom. The van der Waals surface area contributed by atoms with Gasteiger partial charge in [0, 0.05) is 17.2 Å².